The van der Waals surface area contributed by atoms with Gasteiger partial charge in [-0.1, -0.05) is 36.4 Å². The van der Waals surface area contributed by atoms with Crippen LogP contribution in [0.2, 0.25) is 0 Å². The number of carbonyl (C=O) groups is 1. The van der Waals surface area contributed by atoms with Crippen LogP contribution in [0.15, 0.2) is 53.4 Å². The number of benzene rings is 2. The summed E-state index contributed by atoms with van der Waals surface area (Å²) in [4.78, 5) is 11.9. The van der Waals surface area contributed by atoms with E-state index in [0.717, 1.165) is 18.7 Å². The van der Waals surface area contributed by atoms with E-state index in [9.17, 15) is 9.90 Å². The van der Waals surface area contributed by atoms with Gasteiger partial charge in [0.2, 0.25) is 0 Å². The third-order valence-corrected chi connectivity index (χ3v) is 3.85. The quantitative estimate of drug-likeness (QED) is 0.808. The molecule has 2 aromatic carbocycles. The van der Waals surface area contributed by atoms with Gasteiger partial charge < -0.3 is 15.2 Å². The Morgan fingerprint density at radius 2 is 1.50 bits per heavy atom. The molecule has 0 bridgehead atoms. The first-order valence-corrected chi connectivity index (χ1v) is 7.66. The average molecular weight is 287 g/mol. The fourth-order valence-corrected chi connectivity index (χ4v) is 2.35. The molecule has 2 rings (SSSR count). The molecule has 0 aliphatic rings. The lowest BCUT2D eigenvalue weighted by Crippen LogP contribution is -2.80. The lowest BCUT2D eigenvalue weighted by Gasteiger charge is -2.05. The van der Waals surface area contributed by atoms with Gasteiger partial charge in [-0.15, -0.1) is 11.8 Å². The van der Waals surface area contributed by atoms with Gasteiger partial charge in [-0.25, -0.2) is 0 Å². The molecule has 2 aromatic rings. The molecule has 2 N–H and O–H groups in total. The molecule has 20 heavy (non-hydrogen) atoms. The number of thioether (sulfide) groups is 1. The van der Waals surface area contributed by atoms with Gasteiger partial charge in [-0.2, -0.15) is 0 Å². The summed E-state index contributed by atoms with van der Waals surface area (Å²) in [5.74, 6) is -1.13. The molecule has 0 saturated heterocycles. The molecular weight excluding hydrogens is 270 g/mol. The van der Waals surface area contributed by atoms with Gasteiger partial charge in [0.15, 0.2) is 0 Å². The molecule has 0 spiro atoms. The minimum absolute atomic E-state index is 0.224. The molecule has 0 aromatic heterocycles. The maximum atomic E-state index is 10.6. The Bertz CT molecular complexity index is 564. The molecule has 0 radical (unpaired) electrons. The lowest BCUT2D eigenvalue weighted by molar-refractivity contribution is -0.686. The molecule has 0 aliphatic heterocycles. The zero-order valence-corrected chi connectivity index (χ0v) is 12.2. The van der Waals surface area contributed by atoms with Crippen LogP contribution in [-0.4, -0.2) is 12.2 Å². The number of rotatable bonds is 6. The van der Waals surface area contributed by atoms with Gasteiger partial charge >= 0.3 is 0 Å². The van der Waals surface area contributed by atoms with Crippen LogP contribution in [0.4, 0.5) is 0 Å². The maximum absolute atomic E-state index is 10.6. The minimum Gasteiger partial charge on any atom is -0.545 e. The third-order valence-electron chi connectivity index (χ3n) is 3.11. The Balaban J connectivity index is 1.84. The summed E-state index contributed by atoms with van der Waals surface area (Å²) >= 11 is 1.74. The summed E-state index contributed by atoms with van der Waals surface area (Å²) in [6, 6.07) is 15.4. The topological polar surface area (TPSA) is 56.7 Å². The molecule has 0 fully saturated rings. The summed E-state index contributed by atoms with van der Waals surface area (Å²) < 4.78 is 0. The SMILES string of the molecule is CSc1ccc(C[NH2+]Cc2ccc(C(=O)[O-])cc2)cc1. The fourth-order valence-electron chi connectivity index (χ4n) is 1.94. The summed E-state index contributed by atoms with van der Waals surface area (Å²) in [6.45, 7) is 1.74. The predicted octanol–water partition coefficient (Wildman–Crippen LogP) is 1.04. The van der Waals surface area contributed by atoms with Crippen molar-refractivity contribution < 1.29 is 15.2 Å². The van der Waals surface area contributed by atoms with Gasteiger partial charge in [-0.05, 0) is 24.0 Å². The van der Waals surface area contributed by atoms with E-state index < -0.39 is 5.97 Å². The Hall–Kier alpha value is -1.78. The van der Waals surface area contributed by atoms with Gasteiger partial charge in [0.05, 0.1) is 5.97 Å². The molecule has 4 heteroatoms. The molecule has 0 heterocycles. The Labute approximate surface area is 123 Å². The first kappa shape index (κ1) is 14.6. The van der Waals surface area contributed by atoms with Gasteiger partial charge in [0.1, 0.15) is 13.1 Å². The van der Waals surface area contributed by atoms with E-state index in [1.807, 2.05) is 12.1 Å². The van der Waals surface area contributed by atoms with Crippen LogP contribution in [0.3, 0.4) is 0 Å². The summed E-state index contributed by atoms with van der Waals surface area (Å²) in [5.41, 5.74) is 2.62. The molecule has 0 unspecified atom stereocenters. The summed E-state index contributed by atoms with van der Waals surface area (Å²) in [7, 11) is 0. The van der Waals surface area contributed by atoms with Crippen molar-refractivity contribution >= 4 is 17.7 Å². The van der Waals surface area contributed by atoms with Crippen molar-refractivity contribution in [1.82, 2.24) is 0 Å². The van der Waals surface area contributed by atoms with Gasteiger partial charge in [-0.3, -0.25) is 0 Å². The second-order valence-electron chi connectivity index (χ2n) is 4.53. The van der Waals surface area contributed by atoms with Crippen molar-refractivity contribution in [2.24, 2.45) is 0 Å². The smallest absolute Gasteiger partial charge is 0.101 e. The first-order chi connectivity index (χ1) is 9.69. The normalized spacial score (nSPS) is 10.4. The van der Waals surface area contributed by atoms with Crippen molar-refractivity contribution in [1.29, 1.82) is 0 Å². The monoisotopic (exact) mass is 287 g/mol. The molecular formula is C16H17NO2S. The molecule has 0 atom stereocenters. The van der Waals surface area contributed by atoms with Crippen molar-refractivity contribution in [2.45, 2.75) is 18.0 Å². The number of hydrogen-bond donors (Lipinski definition) is 1. The van der Waals surface area contributed by atoms with E-state index in [1.54, 1.807) is 23.9 Å². The third kappa shape index (κ3) is 4.11. The minimum atomic E-state index is -1.13. The second kappa shape index (κ2) is 7.12. The van der Waals surface area contributed by atoms with Crippen molar-refractivity contribution in [3.05, 3.63) is 65.2 Å². The van der Waals surface area contributed by atoms with Crippen LogP contribution in [0, 0.1) is 0 Å². The second-order valence-corrected chi connectivity index (χ2v) is 5.41. The van der Waals surface area contributed by atoms with Crippen molar-refractivity contribution in [3.8, 4) is 0 Å². The molecule has 0 aliphatic carbocycles. The number of quaternary nitrogens is 1. The van der Waals surface area contributed by atoms with E-state index >= 15 is 0 Å². The van der Waals surface area contributed by atoms with Crippen LogP contribution < -0.4 is 10.4 Å². The van der Waals surface area contributed by atoms with Crippen LogP contribution in [0.1, 0.15) is 21.5 Å². The van der Waals surface area contributed by atoms with Gasteiger partial charge in [0.25, 0.3) is 0 Å². The molecule has 104 valence electrons. The van der Waals surface area contributed by atoms with Crippen molar-refractivity contribution in [2.75, 3.05) is 6.26 Å². The van der Waals surface area contributed by atoms with Crippen LogP contribution in [-0.2, 0) is 13.1 Å². The predicted molar refractivity (Wildman–Crippen MR) is 78.3 cm³/mol. The van der Waals surface area contributed by atoms with Gasteiger partial charge in [0, 0.05) is 16.0 Å². The maximum Gasteiger partial charge on any atom is 0.101 e. The number of carboxylic acids is 1. The van der Waals surface area contributed by atoms with E-state index in [4.69, 9.17) is 0 Å². The highest BCUT2D eigenvalue weighted by atomic mass is 32.2. The van der Waals surface area contributed by atoms with Crippen LogP contribution in [0.25, 0.3) is 0 Å². The average Bonchev–Trinajstić information content (AvgIpc) is 2.48. The number of carboxylic acid groups (broad SMARTS) is 1. The fraction of sp³-hybridized carbons (Fsp3) is 0.188. The number of nitrogens with two attached hydrogens (primary N) is 1. The standard InChI is InChI=1S/C16H17NO2S/c1-20-15-8-4-13(5-9-15)11-17-10-12-2-6-14(7-3-12)16(18)19/h2-9,17H,10-11H2,1H3,(H,18,19). The Kier molecular flexibility index (Phi) is 5.21. The lowest BCUT2D eigenvalue weighted by atomic mass is 10.1. The zero-order valence-electron chi connectivity index (χ0n) is 11.3. The van der Waals surface area contributed by atoms with Crippen LogP contribution in [0.5, 0.6) is 0 Å². The number of hydrogen-bond acceptors (Lipinski definition) is 3. The highest BCUT2D eigenvalue weighted by Gasteiger charge is 1.99. The van der Waals surface area contributed by atoms with E-state index in [-0.39, 0.29) is 5.56 Å². The zero-order chi connectivity index (χ0) is 14.4. The summed E-state index contributed by atoms with van der Waals surface area (Å²) in [6.07, 6.45) is 2.07. The highest BCUT2D eigenvalue weighted by Crippen LogP contribution is 2.14. The van der Waals surface area contributed by atoms with Crippen LogP contribution >= 0.6 is 11.8 Å². The van der Waals surface area contributed by atoms with E-state index in [2.05, 4.69) is 35.8 Å². The molecule has 0 saturated carbocycles. The van der Waals surface area contributed by atoms with E-state index in [0.29, 0.717) is 0 Å². The van der Waals surface area contributed by atoms with Crippen molar-refractivity contribution in [3.63, 3.8) is 0 Å². The molecule has 3 nitrogen and oxygen atoms in total. The Morgan fingerprint density at radius 3 is 1.95 bits per heavy atom. The summed E-state index contributed by atoms with van der Waals surface area (Å²) in [5, 5.41) is 12.8. The highest BCUT2D eigenvalue weighted by molar-refractivity contribution is 7.98. The number of aromatic carboxylic acids is 1. The van der Waals surface area contributed by atoms with E-state index in [1.165, 1.54) is 10.5 Å². The molecule has 0 amide bonds. The number of carbonyl (C=O) groups excluding carboxylic acids is 1. The Morgan fingerprint density at radius 1 is 1.00 bits per heavy atom. The first-order valence-electron chi connectivity index (χ1n) is 6.44. The largest absolute Gasteiger partial charge is 0.545 e.